The van der Waals surface area contributed by atoms with Gasteiger partial charge in [0.2, 0.25) is 10.0 Å². The molecule has 1 saturated heterocycles. The summed E-state index contributed by atoms with van der Waals surface area (Å²) in [4.78, 5) is 3.34. The Kier molecular flexibility index (Phi) is 6.98. The van der Waals surface area contributed by atoms with Crippen molar-refractivity contribution in [2.75, 3.05) is 25.4 Å². The number of hydrogen-bond acceptors (Lipinski definition) is 3. The highest BCUT2D eigenvalue weighted by molar-refractivity contribution is 7.89. The average molecular weight is 458 g/mol. The van der Waals surface area contributed by atoms with Gasteiger partial charge in [0.25, 0.3) is 0 Å². The fourth-order valence-corrected chi connectivity index (χ4v) is 5.72. The number of hydrogen-bond donors (Lipinski definition) is 2. The smallest absolute Gasteiger partial charge is 0.213 e. The van der Waals surface area contributed by atoms with Crippen LogP contribution in [0, 0.1) is 5.82 Å². The third-order valence-electron chi connectivity index (χ3n) is 6.46. The van der Waals surface area contributed by atoms with Gasteiger partial charge in [0.05, 0.1) is 5.75 Å². The lowest BCUT2D eigenvalue weighted by molar-refractivity contribution is 0.321. The van der Waals surface area contributed by atoms with Crippen molar-refractivity contribution in [2.24, 2.45) is 0 Å². The molecular formula is C25H32FN3O2S. The molecule has 1 fully saturated rings. The Hall–Kier alpha value is -2.22. The van der Waals surface area contributed by atoms with Gasteiger partial charge in [-0.25, -0.2) is 17.1 Å². The second-order valence-electron chi connectivity index (χ2n) is 8.57. The molecule has 1 aromatic heterocycles. The molecule has 7 heteroatoms. The number of nitrogens with one attached hydrogen (secondary N) is 2. The average Bonchev–Trinajstić information content (AvgIpc) is 3.23. The number of benzene rings is 2. The van der Waals surface area contributed by atoms with E-state index in [9.17, 15) is 12.8 Å². The van der Waals surface area contributed by atoms with Gasteiger partial charge in [0, 0.05) is 42.3 Å². The molecule has 1 aliphatic rings. The van der Waals surface area contributed by atoms with Gasteiger partial charge in [0.1, 0.15) is 5.82 Å². The molecule has 0 radical (unpaired) electrons. The van der Waals surface area contributed by atoms with Crippen molar-refractivity contribution in [3.63, 3.8) is 0 Å². The lowest BCUT2D eigenvalue weighted by atomic mass is 9.89. The van der Waals surface area contributed by atoms with Crippen LogP contribution in [0.3, 0.4) is 0 Å². The third kappa shape index (κ3) is 4.75. The predicted octanol–water partition coefficient (Wildman–Crippen LogP) is 5.00. The molecule has 2 aromatic carbocycles. The molecule has 2 heterocycles. The van der Waals surface area contributed by atoms with E-state index < -0.39 is 10.0 Å². The second kappa shape index (κ2) is 9.73. The SMILES string of the molecule is CCCNCc1ccc(F)c(-c2ccc3[nH]cc(C4CCN(S(=O)(=O)CC)CC4)c3c2)c1. The monoisotopic (exact) mass is 457 g/mol. The van der Waals surface area contributed by atoms with Gasteiger partial charge in [-0.05, 0) is 79.6 Å². The van der Waals surface area contributed by atoms with Crippen molar-refractivity contribution >= 4 is 20.9 Å². The van der Waals surface area contributed by atoms with Crippen LogP contribution in [0.5, 0.6) is 0 Å². The van der Waals surface area contributed by atoms with E-state index in [1.165, 1.54) is 5.56 Å². The van der Waals surface area contributed by atoms with Crippen molar-refractivity contribution in [3.8, 4) is 11.1 Å². The molecule has 1 aliphatic heterocycles. The number of sulfonamides is 1. The van der Waals surface area contributed by atoms with Gasteiger partial charge in [-0.3, -0.25) is 0 Å². The fraction of sp³-hybridized carbons (Fsp3) is 0.440. The van der Waals surface area contributed by atoms with Crippen LogP contribution in [-0.2, 0) is 16.6 Å². The van der Waals surface area contributed by atoms with E-state index in [1.807, 2.05) is 30.5 Å². The Morgan fingerprint density at radius 1 is 1.12 bits per heavy atom. The van der Waals surface area contributed by atoms with Gasteiger partial charge in [-0.15, -0.1) is 0 Å². The molecule has 0 saturated carbocycles. The molecule has 0 atom stereocenters. The van der Waals surface area contributed by atoms with Gasteiger partial charge < -0.3 is 10.3 Å². The summed E-state index contributed by atoms with van der Waals surface area (Å²) < 4.78 is 40.7. The zero-order chi connectivity index (χ0) is 22.7. The minimum atomic E-state index is -3.14. The standard InChI is InChI=1S/C25H32FN3O2S/c1-3-11-27-16-18-5-7-24(26)21(14-18)20-6-8-25-22(15-20)23(17-28-25)19-9-12-29(13-10-19)32(30,31)4-2/h5-8,14-15,17,19,27-28H,3-4,9-13,16H2,1-2H3. The van der Waals surface area contributed by atoms with Crippen molar-refractivity contribution in [1.82, 2.24) is 14.6 Å². The van der Waals surface area contributed by atoms with Crippen LogP contribution in [-0.4, -0.2) is 43.1 Å². The largest absolute Gasteiger partial charge is 0.361 e. The summed E-state index contributed by atoms with van der Waals surface area (Å²) >= 11 is 0. The molecule has 4 rings (SSSR count). The summed E-state index contributed by atoms with van der Waals surface area (Å²) in [5, 5.41) is 4.46. The summed E-state index contributed by atoms with van der Waals surface area (Å²) in [6.07, 6.45) is 4.68. The molecular weight excluding hydrogens is 425 g/mol. The minimum Gasteiger partial charge on any atom is -0.361 e. The van der Waals surface area contributed by atoms with Gasteiger partial charge in [-0.1, -0.05) is 19.1 Å². The van der Waals surface area contributed by atoms with Crippen molar-refractivity contribution in [2.45, 2.75) is 45.6 Å². The van der Waals surface area contributed by atoms with Crippen molar-refractivity contribution < 1.29 is 12.8 Å². The number of aromatic nitrogens is 1. The normalized spacial score (nSPS) is 16.1. The number of nitrogens with zero attached hydrogens (tertiary/aromatic N) is 1. The molecule has 0 spiro atoms. The van der Waals surface area contributed by atoms with Gasteiger partial charge >= 0.3 is 0 Å². The van der Waals surface area contributed by atoms with E-state index in [0.29, 0.717) is 18.7 Å². The Morgan fingerprint density at radius 2 is 1.91 bits per heavy atom. The van der Waals surface area contributed by atoms with Gasteiger partial charge in [-0.2, -0.15) is 0 Å². The summed E-state index contributed by atoms with van der Waals surface area (Å²) in [5.74, 6) is 0.211. The molecule has 3 aromatic rings. The Bertz CT molecular complexity index is 1180. The first-order chi connectivity index (χ1) is 15.4. The van der Waals surface area contributed by atoms with E-state index >= 15 is 0 Å². The van der Waals surface area contributed by atoms with E-state index in [-0.39, 0.29) is 17.5 Å². The summed E-state index contributed by atoms with van der Waals surface area (Å²) in [5.41, 5.74) is 4.75. The number of rotatable bonds is 8. The van der Waals surface area contributed by atoms with Gasteiger partial charge in [0.15, 0.2) is 0 Å². The van der Waals surface area contributed by atoms with Crippen LogP contribution in [0.1, 0.15) is 50.2 Å². The van der Waals surface area contributed by atoms with Crippen molar-refractivity contribution in [1.29, 1.82) is 0 Å². The lowest BCUT2D eigenvalue weighted by Gasteiger charge is -2.30. The fourth-order valence-electron chi connectivity index (χ4n) is 4.59. The van der Waals surface area contributed by atoms with E-state index in [4.69, 9.17) is 0 Å². The Balaban J connectivity index is 1.60. The molecule has 0 bridgehead atoms. The van der Waals surface area contributed by atoms with E-state index in [2.05, 4.69) is 23.3 Å². The molecule has 32 heavy (non-hydrogen) atoms. The highest BCUT2D eigenvalue weighted by Crippen LogP contribution is 2.36. The molecule has 2 N–H and O–H groups in total. The topological polar surface area (TPSA) is 65.2 Å². The molecule has 0 aliphatic carbocycles. The zero-order valence-corrected chi connectivity index (χ0v) is 19.6. The first-order valence-electron chi connectivity index (χ1n) is 11.5. The number of halogens is 1. The number of aromatic amines is 1. The third-order valence-corrected chi connectivity index (χ3v) is 8.34. The highest BCUT2D eigenvalue weighted by Gasteiger charge is 2.28. The number of fused-ring (bicyclic) bond motifs is 1. The molecule has 0 unspecified atom stereocenters. The molecule has 172 valence electrons. The number of H-pyrrole nitrogens is 1. The maximum Gasteiger partial charge on any atom is 0.213 e. The van der Waals surface area contributed by atoms with Crippen LogP contribution in [0.15, 0.2) is 42.6 Å². The van der Waals surface area contributed by atoms with E-state index in [0.717, 1.165) is 54.4 Å². The molecule has 0 amide bonds. The minimum absolute atomic E-state index is 0.146. The maximum atomic E-state index is 14.7. The Morgan fingerprint density at radius 3 is 2.62 bits per heavy atom. The van der Waals surface area contributed by atoms with Crippen LogP contribution in [0.25, 0.3) is 22.0 Å². The van der Waals surface area contributed by atoms with Crippen LogP contribution >= 0.6 is 0 Å². The summed E-state index contributed by atoms with van der Waals surface area (Å²) in [7, 11) is -3.14. The summed E-state index contributed by atoms with van der Waals surface area (Å²) in [6, 6.07) is 11.3. The van der Waals surface area contributed by atoms with Crippen LogP contribution in [0.4, 0.5) is 4.39 Å². The maximum absolute atomic E-state index is 14.7. The zero-order valence-electron chi connectivity index (χ0n) is 18.8. The van der Waals surface area contributed by atoms with Crippen LogP contribution in [0.2, 0.25) is 0 Å². The first-order valence-corrected chi connectivity index (χ1v) is 13.1. The predicted molar refractivity (Wildman–Crippen MR) is 129 cm³/mol. The highest BCUT2D eigenvalue weighted by atomic mass is 32.2. The second-order valence-corrected chi connectivity index (χ2v) is 10.8. The first kappa shape index (κ1) is 23.0. The van der Waals surface area contributed by atoms with Crippen molar-refractivity contribution in [3.05, 3.63) is 59.5 Å². The number of piperidine rings is 1. The Labute approximate surface area is 190 Å². The molecule has 5 nitrogen and oxygen atoms in total. The lowest BCUT2D eigenvalue weighted by Crippen LogP contribution is -2.38. The summed E-state index contributed by atoms with van der Waals surface area (Å²) in [6.45, 7) is 6.57. The quantitative estimate of drug-likeness (QED) is 0.468. The van der Waals surface area contributed by atoms with E-state index in [1.54, 1.807) is 17.3 Å². The van der Waals surface area contributed by atoms with Crippen LogP contribution < -0.4 is 5.32 Å².